The first-order valence-electron chi connectivity index (χ1n) is 15.9. The SMILES string of the molecule is c1ccc(-c2ccc3ccc4ccc(-c5c6ccccc6c(-c6ccccc6-c6ccccc6)c6ccccc56)cc4c3c2)cc1. The Bertz CT molecular complexity index is 2500. The summed E-state index contributed by atoms with van der Waals surface area (Å²) in [5, 5.41) is 10.1. The maximum atomic E-state index is 2.41. The topological polar surface area (TPSA) is 0 Å². The van der Waals surface area contributed by atoms with Crippen molar-refractivity contribution in [2.45, 2.75) is 0 Å². The lowest BCUT2D eigenvalue weighted by atomic mass is 9.83. The molecule has 9 aromatic rings. The molecule has 0 heteroatoms. The summed E-state index contributed by atoms with van der Waals surface area (Å²) in [5.74, 6) is 0. The van der Waals surface area contributed by atoms with E-state index in [1.807, 2.05) is 0 Å². The Kier molecular flexibility index (Phi) is 6.25. The van der Waals surface area contributed by atoms with Crippen molar-refractivity contribution in [3.8, 4) is 44.5 Å². The minimum absolute atomic E-state index is 1.23. The van der Waals surface area contributed by atoms with E-state index in [-0.39, 0.29) is 0 Å². The summed E-state index contributed by atoms with van der Waals surface area (Å²) >= 11 is 0. The molecule has 0 aliphatic heterocycles. The van der Waals surface area contributed by atoms with Gasteiger partial charge in [0.25, 0.3) is 0 Å². The van der Waals surface area contributed by atoms with Gasteiger partial charge < -0.3 is 0 Å². The van der Waals surface area contributed by atoms with E-state index in [0.29, 0.717) is 0 Å². The molecule has 0 fully saturated rings. The molecule has 0 aliphatic carbocycles. The summed E-state index contributed by atoms with van der Waals surface area (Å²) in [6.45, 7) is 0. The van der Waals surface area contributed by atoms with Crippen molar-refractivity contribution in [1.29, 1.82) is 0 Å². The molecule has 0 bridgehead atoms. The predicted octanol–water partition coefficient (Wildman–Crippen LogP) is 13.0. The Labute approximate surface area is 268 Å². The third-order valence-electron chi connectivity index (χ3n) is 9.45. The van der Waals surface area contributed by atoms with Crippen LogP contribution in [0.25, 0.3) is 87.6 Å². The van der Waals surface area contributed by atoms with Crippen LogP contribution in [0.3, 0.4) is 0 Å². The summed E-state index contributed by atoms with van der Waals surface area (Å²) in [6, 6.07) is 66.5. The molecule has 9 aromatic carbocycles. The van der Waals surface area contributed by atoms with Crippen molar-refractivity contribution in [1.82, 2.24) is 0 Å². The highest BCUT2D eigenvalue weighted by Gasteiger charge is 2.19. The van der Waals surface area contributed by atoms with Crippen LogP contribution in [0.2, 0.25) is 0 Å². The van der Waals surface area contributed by atoms with E-state index in [1.165, 1.54) is 87.6 Å². The lowest BCUT2D eigenvalue weighted by molar-refractivity contribution is 1.61. The largest absolute Gasteiger partial charge is 0.0622 e. The standard InChI is InChI=1S/C46H30/c1-3-13-31(14-4-1)35-27-25-33-23-24-34-26-28-36(30-44(34)43(33)29-35)45-39-19-9-11-21-41(39)46(42-22-12-10-20-40(42)45)38-18-8-7-17-37(38)32-15-5-2-6-16-32/h1-30H. The zero-order valence-corrected chi connectivity index (χ0v) is 25.3. The van der Waals surface area contributed by atoms with Crippen LogP contribution in [-0.2, 0) is 0 Å². The van der Waals surface area contributed by atoms with Gasteiger partial charge in [-0.25, -0.2) is 0 Å². The van der Waals surface area contributed by atoms with Gasteiger partial charge in [0.1, 0.15) is 0 Å². The maximum Gasteiger partial charge on any atom is -0.00201 e. The van der Waals surface area contributed by atoms with Gasteiger partial charge in [0.2, 0.25) is 0 Å². The molecule has 0 N–H and O–H groups in total. The molecule has 0 nitrogen and oxygen atoms in total. The molecule has 9 rings (SSSR count). The minimum Gasteiger partial charge on any atom is -0.0622 e. The van der Waals surface area contributed by atoms with Crippen molar-refractivity contribution >= 4 is 43.1 Å². The van der Waals surface area contributed by atoms with E-state index in [4.69, 9.17) is 0 Å². The van der Waals surface area contributed by atoms with Crippen LogP contribution >= 0.6 is 0 Å². The normalized spacial score (nSPS) is 11.5. The Morgan fingerprint density at radius 3 is 1.22 bits per heavy atom. The highest BCUT2D eigenvalue weighted by Crippen LogP contribution is 2.46. The van der Waals surface area contributed by atoms with E-state index < -0.39 is 0 Å². The monoisotopic (exact) mass is 582 g/mol. The van der Waals surface area contributed by atoms with Crippen LogP contribution in [0.1, 0.15) is 0 Å². The number of hydrogen-bond acceptors (Lipinski definition) is 0. The van der Waals surface area contributed by atoms with E-state index in [9.17, 15) is 0 Å². The van der Waals surface area contributed by atoms with Gasteiger partial charge in [-0.3, -0.25) is 0 Å². The van der Waals surface area contributed by atoms with Crippen LogP contribution in [0, 0.1) is 0 Å². The van der Waals surface area contributed by atoms with Gasteiger partial charge in [-0.2, -0.15) is 0 Å². The maximum absolute atomic E-state index is 2.41. The fourth-order valence-corrected chi connectivity index (χ4v) is 7.32. The fraction of sp³-hybridized carbons (Fsp3) is 0. The third-order valence-corrected chi connectivity index (χ3v) is 9.45. The average Bonchev–Trinajstić information content (AvgIpc) is 3.14. The van der Waals surface area contributed by atoms with Crippen molar-refractivity contribution < 1.29 is 0 Å². The van der Waals surface area contributed by atoms with E-state index in [1.54, 1.807) is 0 Å². The molecule has 0 amide bonds. The van der Waals surface area contributed by atoms with Crippen LogP contribution in [0.5, 0.6) is 0 Å². The third kappa shape index (κ3) is 4.30. The molecule has 0 unspecified atom stereocenters. The molecule has 0 spiro atoms. The highest BCUT2D eigenvalue weighted by molar-refractivity contribution is 6.23. The Balaban J connectivity index is 1.34. The first-order chi connectivity index (χ1) is 22.8. The highest BCUT2D eigenvalue weighted by atomic mass is 14.2. The number of rotatable bonds is 4. The average molecular weight is 583 g/mol. The Hall–Kier alpha value is -5.98. The molecule has 46 heavy (non-hydrogen) atoms. The molecule has 0 saturated carbocycles. The zero-order chi connectivity index (χ0) is 30.5. The van der Waals surface area contributed by atoms with Gasteiger partial charge in [-0.15, -0.1) is 0 Å². The minimum atomic E-state index is 1.23. The first kappa shape index (κ1) is 26.4. The van der Waals surface area contributed by atoms with Gasteiger partial charge in [-0.05, 0) is 99.7 Å². The van der Waals surface area contributed by atoms with Gasteiger partial charge >= 0.3 is 0 Å². The second-order valence-electron chi connectivity index (χ2n) is 12.1. The van der Waals surface area contributed by atoms with E-state index >= 15 is 0 Å². The van der Waals surface area contributed by atoms with Crippen molar-refractivity contribution in [3.63, 3.8) is 0 Å². The summed E-state index contributed by atoms with van der Waals surface area (Å²) in [6.07, 6.45) is 0. The first-order valence-corrected chi connectivity index (χ1v) is 15.9. The molecule has 0 saturated heterocycles. The second-order valence-corrected chi connectivity index (χ2v) is 12.1. The quantitative estimate of drug-likeness (QED) is 0.143. The van der Waals surface area contributed by atoms with Gasteiger partial charge in [-0.1, -0.05) is 170 Å². The van der Waals surface area contributed by atoms with Gasteiger partial charge in [0.05, 0.1) is 0 Å². The molecule has 0 heterocycles. The molecular weight excluding hydrogens is 553 g/mol. The van der Waals surface area contributed by atoms with Crippen LogP contribution in [-0.4, -0.2) is 0 Å². The second kappa shape index (κ2) is 10.9. The van der Waals surface area contributed by atoms with Gasteiger partial charge in [0.15, 0.2) is 0 Å². The van der Waals surface area contributed by atoms with Crippen LogP contribution < -0.4 is 0 Å². The summed E-state index contributed by atoms with van der Waals surface area (Å²) in [4.78, 5) is 0. The van der Waals surface area contributed by atoms with Crippen molar-refractivity contribution in [2.24, 2.45) is 0 Å². The molecule has 214 valence electrons. The summed E-state index contributed by atoms with van der Waals surface area (Å²) in [5.41, 5.74) is 10.0. The van der Waals surface area contributed by atoms with Crippen molar-refractivity contribution in [2.75, 3.05) is 0 Å². The van der Waals surface area contributed by atoms with Crippen LogP contribution in [0.15, 0.2) is 182 Å². The van der Waals surface area contributed by atoms with E-state index in [0.717, 1.165) is 0 Å². The number of hydrogen-bond donors (Lipinski definition) is 0. The zero-order valence-electron chi connectivity index (χ0n) is 25.3. The molecule has 0 atom stereocenters. The smallest absolute Gasteiger partial charge is 0.00201 e. The Morgan fingerprint density at radius 1 is 0.217 bits per heavy atom. The fourth-order valence-electron chi connectivity index (χ4n) is 7.32. The van der Waals surface area contributed by atoms with Crippen LogP contribution in [0.4, 0.5) is 0 Å². The molecule has 0 aromatic heterocycles. The lowest BCUT2D eigenvalue weighted by Gasteiger charge is -2.20. The summed E-state index contributed by atoms with van der Waals surface area (Å²) in [7, 11) is 0. The molecular formula is C46H30. The van der Waals surface area contributed by atoms with Crippen molar-refractivity contribution in [3.05, 3.63) is 182 Å². The van der Waals surface area contributed by atoms with Gasteiger partial charge in [0, 0.05) is 0 Å². The molecule has 0 radical (unpaired) electrons. The number of fused-ring (bicyclic) bond motifs is 5. The summed E-state index contributed by atoms with van der Waals surface area (Å²) < 4.78 is 0. The predicted molar refractivity (Wildman–Crippen MR) is 198 cm³/mol. The number of benzene rings is 9. The molecule has 0 aliphatic rings. The van der Waals surface area contributed by atoms with E-state index in [2.05, 4.69) is 182 Å². The lowest BCUT2D eigenvalue weighted by Crippen LogP contribution is -1.92. The Morgan fingerprint density at radius 2 is 0.630 bits per heavy atom.